The van der Waals surface area contributed by atoms with E-state index in [0.717, 1.165) is 5.75 Å². The van der Waals surface area contributed by atoms with Gasteiger partial charge < -0.3 is 5.11 Å². The van der Waals surface area contributed by atoms with Gasteiger partial charge in [0.25, 0.3) is 0 Å². The summed E-state index contributed by atoms with van der Waals surface area (Å²) in [5.41, 5.74) is 0.0764. The maximum Gasteiger partial charge on any atom is 0.336 e. The molecule has 1 aliphatic rings. The van der Waals surface area contributed by atoms with Crippen LogP contribution in [0.1, 0.15) is 6.42 Å². The van der Waals surface area contributed by atoms with Crippen molar-refractivity contribution >= 4 is 34.8 Å². The van der Waals surface area contributed by atoms with Gasteiger partial charge in [0.15, 0.2) is 0 Å². The summed E-state index contributed by atoms with van der Waals surface area (Å²) in [7, 11) is 0. The maximum absolute atomic E-state index is 10.3. The average Bonchev–Trinajstić information content (AvgIpc) is 2.69. The fraction of sp³-hybridized carbons (Fsp3) is 0.429. The molecule has 1 atom stereocenters. The SMILES string of the molecule is C=C(C(=O)O)C(=S)CC1CS1. The smallest absolute Gasteiger partial charge is 0.336 e. The quantitative estimate of drug-likeness (QED) is 0.412. The van der Waals surface area contributed by atoms with Gasteiger partial charge in [-0.1, -0.05) is 18.8 Å². The van der Waals surface area contributed by atoms with Crippen molar-refractivity contribution in [3.05, 3.63) is 12.2 Å². The second-order valence-corrected chi connectivity index (χ2v) is 4.19. The predicted octanol–water partition coefficient (Wildman–Crippen LogP) is 1.50. The van der Waals surface area contributed by atoms with E-state index in [9.17, 15) is 4.79 Å². The van der Waals surface area contributed by atoms with Gasteiger partial charge in [0.2, 0.25) is 0 Å². The first kappa shape index (κ1) is 8.74. The maximum atomic E-state index is 10.3. The van der Waals surface area contributed by atoms with E-state index in [1.165, 1.54) is 0 Å². The Labute approximate surface area is 74.7 Å². The molecule has 1 unspecified atom stereocenters. The number of hydrogen-bond donors (Lipinski definition) is 1. The minimum absolute atomic E-state index is 0.0764. The molecule has 0 bridgehead atoms. The number of carboxylic acids is 1. The van der Waals surface area contributed by atoms with E-state index < -0.39 is 5.97 Å². The Morgan fingerprint density at radius 2 is 2.36 bits per heavy atom. The van der Waals surface area contributed by atoms with E-state index in [2.05, 4.69) is 6.58 Å². The summed E-state index contributed by atoms with van der Waals surface area (Å²) in [6.45, 7) is 3.38. The summed E-state index contributed by atoms with van der Waals surface area (Å²) < 4.78 is 0. The molecule has 0 radical (unpaired) electrons. The largest absolute Gasteiger partial charge is 0.478 e. The fourth-order valence-corrected chi connectivity index (χ4v) is 1.57. The molecular weight excluding hydrogens is 180 g/mol. The van der Waals surface area contributed by atoms with E-state index in [4.69, 9.17) is 17.3 Å². The van der Waals surface area contributed by atoms with Gasteiger partial charge in [-0.2, -0.15) is 11.8 Å². The monoisotopic (exact) mass is 188 g/mol. The van der Waals surface area contributed by atoms with Crippen molar-refractivity contribution in [2.45, 2.75) is 11.7 Å². The van der Waals surface area contributed by atoms with Crippen molar-refractivity contribution in [1.82, 2.24) is 0 Å². The lowest BCUT2D eigenvalue weighted by Gasteiger charge is -1.99. The first-order chi connectivity index (χ1) is 5.11. The fourth-order valence-electron chi connectivity index (χ4n) is 0.635. The topological polar surface area (TPSA) is 37.3 Å². The molecule has 2 nitrogen and oxygen atoms in total. The van der Waals surface area contributed by atoms with Gasteiger partial charge in [0.05, 0.1) is 5.57 Å². The highest BCUT2D eigenvalue weighted by Crippen LogP contribution is 2.34. The number of thiocarbonyl (C=S) groups is 1. The highest BCUT2D eigenvalue weighted by Gasteiger charge is 2.25. The van der Waals surface area contributed by atoms with Crippen LogP contribution < -0.4 is 0 Å². The van der Waals surface area contributed by atoms with E-state index >= 15 is 0 Å². The Bertz CT molecular complexity index is 218. The molecular formula is C7H8O2S2. The van der Waals surface area contributed by atoms with Crippen molar-refractivity contribution in [3.63, 3.8) is 0 Å². The van der Waals surface area contributed by atoms with Crippen molar-refractivity contribution in [1.29, 1.82) is 0 Å². The number of aliphatic carboxylic acids is 1. The van der Waals surface area contributed by atoms with Crippen LogP contribution in [-0.4, -0.2) is 26.9 Å². The van der Waals surface area contributed by atoms with Crippen LogP contribution in [0.2, 0.25) is 0 Å². The summed E-state index contributed by atoms with van der Waals surface area (Å²) in [6, 6.07) is 0. The Kier molecular flexibility index (Phi) is 2.67. The first-order valence-corrected chi connectivity index (χ1v) is 4.64. The zero-order valence-corrected chi connectivity index (χ0v) is 7.50. The molecule has 1 rings (SSSR count). The van der Waals surface area contributed by atoms with E-state index in [-0.39, 0.29) is 5.57 Å². The minimum Gasteiger partial charge on any atom is -0.478 e. The lowest BCUT2D eigenvalue weighted by atomic mass is 10.1. The number of thioether (sulfide) groups is 1. The van der Waals surface area contributed by atoms with Crippen molar-refractivity contribution in [2.75, 3.05) is 5.75 Å². The minimum atomic E-state index is -0.999. The third-order valence-corrected chi connectivity index (χ3v) is 2.79. The van der Waals surface area contributed by atoms with Gasteiger partial charge in [-0.15, -0.1) is 0 Å². The second-order valence-electron chi connectivity index (χ2n) is 2.37. The summed E-state index contributed by atoms with van der Waals surface area (Å²) in [6.07, 6.45) is 0.700. The van der Waals surface area contributed by atoms with Gasteiger partial charge >= 0.3 is 5.97 Å². The summed E-state index contributed by atoms with van der Waals surface area (Å²) in [5.74, 6) is 0.105. The van der Waals surface area contributed by atoms with Crippen LogP contribution >= 0.6 is 24.0 Å². The van der Waals surface area contributed by atoms with Gasteiger partial charge in [0.1, 0.15) is 0 Å². The van der Waals surface area contributed by atoms with Crippen LogP contribution in [0.15, 0.2) is 12.2 Å². The molecule has 1 saturated heterocycles. The number of rotatable bonds is 4. The molecule has 0 amide bonds. The highest BCUT2D eigenvalue weighted by atomic mass is 32.2. The number of hydrogen-bond acceptors (Lipinski definition) is 3. The lowest BCUT2D eigenvalue weighted by Crippen LogP contribution is -2.10. The number of carboxylic acid groups (broad SMARTS) is 1. The van der Waals surface area contributed by atoms with Crippen LogP contribution in [0.3, 0.4) is 0 Å². The normalized spacial score (nSPS) is 20.9. The Morgan fingerprint density at radius 1 is 1.82 bits per heavy atom. The molecule has 1 aliphatic heterocycles. The number of carbonyl (C=O) groups is 1. The average molecular weight is 188 g/mol. The van der Waals surface area contributed by atoms with Crippen molar-refractivity contribution < 1.29 is 9.90 Å². The molecule has 11 heavy (non-hydrogen) atoms. The van der Waals surface area contributed by atoms with Crippen molar-refractivity contribution in [3.8, 4) is 0 Å². The first-order valence-electron chi connectivity index (χ1n) is 3.18. The Hall–Kier alpha value is -0.350. The molecule has 60 valence electrons. The zero-order chi connectivity index (χ0) is 8.43. The molecule has 0 aromatic heterocycles. The summed E-state index contributed by atoms with van der Waals surface area (Å²) >= 11 is 6.68. The highest BCUT2D eigenvalue weighted by molar-refractivity contribution is 8.07. The molecule has 4 heteroatoms. The third-order valence-electron chi connectivity index (χ3n) is 1.41. The lowest BCUT2D eigenvalue weighted by molar-refractivity contribution is -0.132. The molecule has 0 saturated carbocycles. The van der Waals surface area contributed by atoms with Gasteiger partial charge in [-0.3, -0.25) is 0 Å². The predicted molar refractivity (Wildman–Crippen MR) is 50.2 cm³/mol. The van der Waals surface area contributed by atoms with E-state index in [1.807, 2.05) is 0 Å². The Balaban J connectivity index is 2.39. The summed E-state index contributed by atoms with van der Waals surface area (Å²) in [5, 5.41) is 9.05. The van der Waals surface area contributed by atoms with Crippen molar-refractivity contribution in [2.24, 2.45) is 0 Å². The van der Waals surface area contributed by atoms with Crippen LogP contribution in [-0.2, 0) is 4.79 Å². The van der Waals surface area contributed by atoms with Crippen LogP contribution in [0.25, 0.3) is 0 Å². The zero-order valence-electron chi connectivity index (χ0n) is 5.87. The molecule has 0 spiro atoms. The second kappa shape index (κ2) is 3.36. The van der Waals surface area contributed by atoms with E-state index in [1.54, 1.807) is 11.8 Å². The van der Waals surface area contributed by atoms with Crippen LogP contribution in [0, 0.1) is 0 Å². The van der Waals surface area contributed by atoms with Gasteiger partial charge in [-0.05, 0) is 6.42 Å². The molecule has 0 aromatic rings. The van der Waals surface area contributed by atoms with E-state index in [0.29, 0.717) is 16.5 Å². The van der Waals surface area contributed by atoms with Crippen LogP contribution in [0.4, 0.5) is 0 Å². The molecule has 0 aliphatic carbocycles. The van der Waals surface area contributed by atoms with Gasteiger partial charge in [-0.25, -0.2) is 4.79 Å². The molecule has 0 aromatic carbocycles. The molecule has 1 N–H and O–H groups in total. The van der Waals surface area contributed by atoms with Gasteiger partial charge in [0, 0.05) is 15.9 Å². The molecule has 1 heterocycles. The molecule has 1 fully saturated rings. The summed E-state index contributed by atoms with van der Waals surface area (Å²) in [4.78, 5) is 10.8. The van der Waals surface area contributed by atoms with Crippen LogP contribution in [0.5, 0.6) is 0 Å². The Morgan fingerprint density at radius 3 is 2.73 bits per heavy atom. The standard InChI is InChI=1S/C7H8O2S2/c1-4(7(8)9)6(10)2-5-3-11-5/h5H,1-3H2,(H,8,9). The third kappa shape index (κ3) is 2.63.